The highest BCUT2D eigenvalue weighted by Gasteiger charge is 2.24. The van der Waals surface area contributed by atoms with Crippen LogP contribution in [0.4, 0.5) is 0 Å². The molecule has 7 nitrogen and oxygen atoms in total. The molecule has 0 bridgehead atoms. The number of carbonyl (C=O) groups is 1. The molecule has 146 valence electrons. The summed E-state index contributed by atoms with van der Waals surface area (Å²) in [6.45, 7) is 7.65. The Kier molecular flexibility index (Phi) is 7.57. The Morgan fingerprint density at radius 3 is 2.38 bits per heavy atom. The SMILES string of the molecule is CCCC(N)C(=O)N1CCN(CCNS(=O)(=O)c2ccc(C)cc2)CC1. The zero-order valence-corrected chi connectivity index (χ0v) is 16.5. The van der Waals surface area contributed by atoms with Gasteiger partial charge in [-0.15, -0.1) is 0 Å². The van der Waals surface area contributed by atoms with E-state index in [0.717, 1.165) is 25.1 Å². The predicted octanol–water partition coefficient (Wildman–Crippen LogP) is 0.545. The zero-order valence-electron chi connectivity index (χ0n) is 15.6. The third-order valence-corrected chi connectivity index (χ3v) is 6.13. The number of nitrogens with one attached hydrogen (secondary N) is 1. The summed E-state index contributed by atoms with van der Waals surface area (Å²) < 4.78 is 27.2. The fourth-order valence-electron chi connectivity index (χ4n) is 3.00. The molecule has 1 aliphatic rings. The molecular formula is C18H30N4O3S. The van der Waals surface area contributed by atoms with Crippen molar-refractivity contribution < 1.29 is 13.2 Å². The first-order valence-electron chi connectivity index (χ1n) is 9.16. The first kappa shape index (κ1) is 20.8. The molecule has 1 aromatic rings. The Morgan fingerprint density at radius 1 is 1.19 bits per heavy atom. The molecule has 2 rings (SSSR count). The lowest BCUT2D eigenvalue weighted by atomic mass is 10.1. The van der Waals surface area contributed by atoms with E-state index in [-0.39, 0.29) is 10.8 Å². The molecule has 1 aromatic carbocycles. The molecule has 0 radical (unpaired) electrons. The average Bonchev–Trinajstić information content (AvgIpc) is 2.62. The van der Waals surface area contributed by atoms with Crippen molar-refractivity contribution in [3.63, 3.8) is 0 Å². The van der Waals surface area contributed by atoms with E-state index in [9.17, 15) is 13.2 Å². The highest BCUT2D eigenvalue weighted by atomic mass is 32.2. The summed E-state index contributed by atoms with van der Waals surface area (Å²) in [5, 5.41) is 0. The molecule has 8 heteroatoms. The van der Waals surface area contributed by atoms with E-state index in [1.54, 1.807) is 24.3 Å². The molecule has 1 fully saturated rings. The van der Waals surface area contributed by atoms with E-state index in [1.807, 2.05) is 18.7 Å². The topological polar surface area (TPSA) is 95.7 Å². The summed E-state index contributed by atoms with van der Waals surface area (Å²) in [5.74, 6) is 0.0200. The molecule has 1 heterocycles. The Hall–Kier alpha value is -1.48. The van der Waals surface area contributed by atoms with Crippen molar-refractivity contribution in [1.82, 2.24) is 14.5 Å². The molecule has 1 unspecified atom stereocenters. The molecule has 1 aliphatic heterocycles. The second-order valence-corrected chi connectivity index (χ2v) is 8.54. The van der Waals surface area contributed by atoms with Gasteiger partial charge in [-0.1, -0.05) is 31.0 Å². The summed E-state index contributed by atoms with van der Waals surface area (Å²) >= 11 is 0. The maximum absolute atomic E-state index is 12.3. The van der Waals surface area contributed by atoms with E-state index in [0.29, 0.717) is 32.6 Å². The van der Waals surface area contributed by atoms with Gasteiger partial charge in [0.05, 0.1) is 10.9 Å². The van der Waals surface area contributed by atoms with Gasteiger partial charge in [0, 0.05) is 39.3 Å². The van der Waals surface area contributed by atoms with Crippen molar-refractivity contribution in [2.45, 2.75) is 37.6 Å². The third kappa shape index (κ3) is 5.77. The van der Waals surface area contributed by atoms with Crippen LogP contribution < -0.4 is 10.5 Å². The van der Waals surface area contributed by atoms with Gasteiger partial charge < -0.3 is 10.6 Å². The Balaban J connectivity index is 1.75. The number of carbonyl (C=O) groups excluding carboxylic acids is 1. The van der Waals surface area contributed by atoms with Crippen LogP contribution >= 0.6 is 0 Å². The van der Waals surface area contributed by atoms with E-state index in [4.69, 9.17) is 5.73 Å². The van der Waals surface area contributed by atoms with Gasteiger partial charge in [-0.2, -0.15) is 0 Å². The highest BCUT2D eigenvalue weighted by molar-refractivity contribution is 7.89. The lowest BCUT2D eigenvalue weighted by Gasteiger charge is -2.35. The average molecular weight is 383 g/mol. The molecule has 26 heavy (non-hydrogen) atoms. The van der Waals surface area contributed by atoms with Crippen LogP contribution in [0, 0.1) is 6.92 Å². The van der Waals surface area contributed by atoms with Gasteiger partial charge in [-0.05, 0) is 25.5 Å². The smallest absolute Gasteiger partial charge is 0.240 e. The Bertz CT molecular complexity index is 683. The van der Waals surface area contributed by atoms with Gasteiger partial charge in [0.2, 0.25) is 15.9 Å². The largest absolute Gasteiger partial charge is 0.339 e. The summed E-state index contributed by atoms with van der Waals surface area (Å²) in [5.41, 5.74) is 6.93. The summed E-state index contributed by atoms with van der Waals surface area (Å²) in [7, 11) is -3.48. The van der Waals surface area contributed by atoms with Crippen LogP contribution in [-0.2, 0) is 14.8 Å². The maximum atomic E-state index is 12.3. The molecule has 1 atom stereocenters. The van der Waals surface area contributed by atoms with Gasteiger partial charge in [-0.25, -0.2) is 13.1 Å². The summed E-state index contributed by atoms with van der Waals surface area (Å²) in [6.07, 6.45) is 1.60. The maximum Gasteiger partial charge on any atom is 0.240 e. The van der Waals surface area contributed by atoms with Crippen LogP contribution in [0.2, 0.25) is 0 Å². The quantitative estimate of drug-likeness (QED) is 0.684. The van der Waals surface area contributed by atoms with Gasteiger partial charge in [0.25, 0.3) is 0 Å². The lowest BCUT2D eigenvalue weighted by molar-refractivity contribution is -0.134. The van der Waals surface area contributed by atoms with Gasteiger partial charge >= 0.3 is 0 Å². The van der Waals surface area contributed by atoms with Crippen molar-refractivity contribution in [3.05, 3.63) is 29.8 Å². The van der Waals surface area contributed by atoms with E-state index >= 15 is 0 Å². The minimum atomic E-state index is -3.48. The predicted molar refractivity (Wildman–Crippen MR) is 102 cm³/mol. The lowest BCUT2D eigenvalue weighted by Crippen LogP contribution is -2.54. The second-order valence-electron chi connectivity index (χ2n) is 6.77. The first-order chi connectivity index (χ1) is 12.3. The molecule has 0 aliphatic carbocycles. The number of hydrogen-bond acceptors (Lipinski definition) is 5. The molecular weight excluding hydrogens is 352 g/mol. The van der Waals surface area contributed by atoms with Crippen LogP contribution in [0.25, 0.3) is 0 Å². The van der Waals surface area contributed by atoms with Crippen LogP contribution in [0.5, 0.6) is 0 Å². The molecule has 3 N–H and O–H groups in total. The van der Waals surface area contributed by atoms with Crippen molar-refractivity contribution in [3.8, 4) is 0 Å². The molecule has 0 aromatic heterocycles. The van der Waals surface area contributed by atoms with E-state index in [2.05, 4.69) is 9.62 Å². The first-order valence-corrected chi connectivity index (χ1v) is 10.6. The zero-order chi connectivity index (χ0) is 19.2. The fraction of sp³-hybridized carbons (Fsp3) is 0.611. The number of amides is 1. The standard InChI is InChI=1S/C18H30N4O3S/c1-3-4-17(19)18(23)22-13-11-21(12-14-22)10-9-20-26(24,25)16-7-5-15(2)6-8-16/h5-8,17,20H,3-4,9-14,19H2,1-2H3. The number of nitrogens with two attached hydrogens (primary N) is 1. The summed E-state index contributed by atoms with van der Waals surface area (Å²) in [6, 6.07) is 6.39. The second kappa shape index (κ2) is 9.45. The van der Waals surface area contributed by atoms with E-state index < -0.39 is 16.1 Å². The van der Waals surface area contributed by atoms with Crippen molar-refractivity contribution in [1.29, 1.82) is 0 Å². The summed E-state index contributed by atoms with van der Waals surface area (Å²) in [4.78, 5) is 16.5. The van der Waals surface area contributed by atoms with Crippen molar-refractivity contribution in [2.24, 2.45) is 5.73 Å². The minimum Gasteiger partial charge on any atom is -0.339 e. The van der Waals surface area contributed by atoms with Gasteiger partial charge in [0.1, 0.15) is 0 Å². The van der Waals surface area contributed by atoms with Gasteiger partial charge in [-0.3, -0.25) is 9.69 Å². The van der Waals surface area contributed by atoms with Crippen LogP contribution in [-0.4, -0.2) is 69.4 Å². The van der Waals surface area contributed by atoms with Crippen LogP contribution in [0.15, 0.2) is 29.2 Å². The van der Waals surface area contributed by atoms with Gasteiger partial charge in [0.15, 0.2) is 0 Å². The number of benzene rings is 1. The number of nitrogens with zero attached hydrogens (tertiary/aromatic N) is 2. The van der Waals surface area contributed by atoms with Crippen molar-refractivity contribution in [2.75, 3.05) is 39.3 Å². The normalized spacial score (nSPS) is 17.3. The Labute approximate surface area is 156 Å². The number of sulfonamides is 1. The number of rotatable bonds is 8. The fourth-order valence-corrected chi connectivity index (χ4v) is 4.02. The number of piperazine rings is 1. The monoisotopic (exact) mass is 382 g/mol. The molecule has 1 amide bonds. The number of hydrogen-bond donors (Lipinski definition) is 2. The van der Waals surface area contributed by atoms with Crippen LogP contribution in [0.1, 0.15) is 25.3 Å². The Morgan fingerprint density at radius 2 is 1.81 bits per heavy atom. The molecule has 1 saturated heterocycles. The number of aryl methyl sites for hydroxylation is 1. The minimum absolute atomic E-state index is 0.0200. The molecule has 0 spiro atoms. The highest BCUT2D eigenvalue weighted by Crippen LogP contribution is 2.10. The molecule has 0 saturated carbocycles. The van der Waals surface area contributed by atoms with Crippen molar-refractivity contribution >= 4 is 15.9 Å². The third-order valence-electron chi connectivity index (χ3n) is 4.65. The van der Waals surface area contributed by atoms with E-state index in [1.165, 1.54) is 0 Å². The van der Waals surface area contributed by atoms with Crippen LogP contribution in [0.3, 0.4) is 0 Å².